The van der Waals surface area contributed by atoms with E-state index >= 15 is 0 Å². The van der Waals surface area contributed by atoms with Gasteiger partial charge in [0.2, 0.25) is 0 Å². The maximum atomic E-state index is 6.57. The molecule has 0 aromatic rings. The zero-order chi connectivity index (χ0) is 16.4. The van der Waals surface area contributed by atoms with Gasteiger partial charge in [0.05, 0.1) is 10.1 Å². The van der Waals surface area contributed by atoms with Crippen LogP contribution < -0.4 is 0 Å². The Kier molecular flexibility index (Phi) is 3.91. The molecule has 2 nitrogen and oxygen atoms in total. The van der Waals surface area contributed by atoms with Gasteiger partial charge in [0.1, 0.15) is 0 Å². The van der Waals surface area contributed by atoms with Crippen LogP contribution >= 0.6 is 15.9 Å². The van der Waals surface area contributed by atoms with Crippen LogP contribution in [0, 0.1) is 22.7 Å². The van der Waals surface area contributed by atoms with Crippen molar-refractivity contribution in [2.75, 3.05) is 7.11 Å². The summed E-state index contributed by atoms with van der Waals surface area (Å²) in [5, 5.41) is 0. The first-order chi connectivity index (χ1) is 10.1. The van der Waals surface area contributed by atoms with Gasteiger partial charge in [-0.2, -0.15) is 0 Å². The molecule has 2 saturated carbocycles. The van der Waals surface area contributed by atoms with Crippen molar-refractivity contribution in [2.24, 2.45) is 22.7 Å². The summed E-state index contributed by atoms with van der Waals surface area (Å²) in [5.74, 6) is 0.591. The molecule has 0 aromatic carbocycles. The Hall–Kier alpha value is 0.140. The molecule has 0 bridgehead atoms. The van der Waals surface area contributed by atoms with E-state index in [0.29, 0.717) is 16.7 Å². The van der Waals surface area contributed by atoms with E-state index in [1.165, 1.54) is 25.7 Å². The largest absolute Gasteiger partial charge is 0.349 e. The first kappa shape index (κ1) is 17.0. The van der Waals surface area contributed by atoms with E-state index in [1.807, 2.05) is 6.92 Å². The number of methoxy groups -OCH3 is 1. The average molecular weight is 371 g/mol. The summed E-state index contributed by atoms with van der Waals surface area (Å²) in [6.07, 6.45) is 8.81. The van der Waals surface area contributed by atoms with Crippen LogP contribution in [0.2, 0.25) is 0 Å². The lowest BCUT2D eigenvalue weighted by Gasteiger charge is -2.63. The van der Waals surface area contributed by atoms with E-state index in [2.05, 4.69) is 49.7 Å². The molecular formula is C19H31BrO2. The maximum Gasteiger partial charge on any atom is 0.198 e. The minimum absolute atomic E-state index is 0.124. The molecule has 0 amide bonds. The molecule has 1 heterocycles. The third kappa shape index (κ3) is 2.26. The van der Waals surface area contributed by atoms with Crippen LogP contribution in [-0.2, 0) is 9.47 Å². The highest BCUT2D eigenvalue weighted by Gasteiger charge is 2.61. The van der Waals surface area contributed by atoms with Crippen molar-refractivity contribution >= 4 is 15.9 Å². The van der Waals surface area contributed by atoms with E-state index in [9.17, 15) is 0 Å². The molecule has 126 valence electrons. The molecule has 5 atom stereocenters. The van der Waals surface area contributed by atoms with E-state index in [1.54, 1.807) is 7.11 Å². The summed E-state index contributed by atoms with van der Waals surface area (Å²) in [4.78, 5) is 0. The molecule has 1 aliphatic heterocycles. The standard InChI is InChI=1S/C19H31BrO2/c1-16(2)9-7-10-17(3)13(16)8-11-18(4)14(17)12-15(20)19(5,21-6)22-18/h12-14H,7-11H2,1-6H3/t13?,14-,17+,18-,19+/m1/s1. The number of ether oxygens (including phenoxy) is 2. The molecule has 22 heavy (non-hydrogen) atoms. The third-order valence-corrected chi connectivity index (χ3v) is 8.12. The first-order valence-electron chi connectivity index (χ1n) is 8.71. The average Bonchev–Trinajstić information content (AvgIpc) is 2.40. The topological polar surface area (TPSA) is 18.5 Å². The predicted molar refractivity (Wildman–Crippen MR) is 93.9 cm³/mol. The van der Waals surface area contributed by atoms with Gasteiger partial charge in [-0.05, 0) is 56.3 Å². The molecule has 0 saturated heterocycles. The Bertz CT molecular complexity index is 500. The van der Waals surface area contributed by atoms with Crippen molar-refractivity contribution in [1.82, 2.24) is 0 Å². The van der Waals surface area contributed by atoms with Crippen LogP contribution in [-0.4, -0.2) is 18.5 Å². The molecule has 3 aliphatic rings. The van der Waals surface area contributed by atoms with Crippen molar-refractivity contribution < 1.29 is 9.47 Å². The van der Waals surface area contributed by atoms with Gasteiger partial charge in [0.15, 0.2) is 5.79 Å². The third-order valence-electron chi connectivity index (χ3n) is 7.14. The number of halogens is 1. The van der Waals surface area contributed by atoms with Gasteiger partial charge in [-0.3, -0.25) is 0 Å². The predicted octanol–water partition coefficient (Wildman–Crippen LogP) is 5.66. The van der Waals surface area contributed by atoms with Crippen molar-refractivity contribution in [3.8, 4) is 0 Å². The Labute approximate surface area is 144 Å². The second-order valence-corrected chi connectivity index (χ2v) is 9.85. The summed E-state index contributed by atoms with van der Waals surface area (Å²) in [6, 6.07) is 0. The second-order valence-electron chi connectivity index (χ2n) is 9.00. The summed E-state index contributed by atoms with van der Waals surface area (Å²) >= 11 is 3.74. The first-order valence-corrected chi connectivity index (χ1v) is 9.50. The fraction of sp³-hybridized carbons (Fsp3) is 0.895. The minimum atomic E-state index is -0.640. The maximum absolute atomic E-state index is 6.57. The zero-order valence-electron chi connectivity index (χ0n) is 15.0. The van der Waals surface area contributed by atoms with Crippen molar-refractivity contribution in [2.45, 2.75) is 78.1 Å². The number of hydrogen-bond acceptors (Lipinski definition) is 2. The second kappa shape index (κ2) is 5.07. The van der Waals surface area contributed by atoms with E-state index in [0.717, 1.165) is 16.8 Å². The van der Waals surface area contributed by atoms with Crippen LogP contribution in [0.5, 0.6) is 0 Å². The quantitative estimate of drug-likeness (QED) is 0.592. The molecule has 0 aromatic heterocycles. The fourth-order valence-corrected chi connectivity index (χ4v) is 6.46. The molecule has 0 spiro atoms. The molecule has 0 N–H and O–H groups in total. The summed E-state index contributed by atoms with van der Waals surface area (Å²) in [5.41, 5.74) is 0.639. The summed E-state index contributed by atoms with van der Waals surface area (Å²) in [6.45, 7) is 11.8. The Morgan fingerprint density at radius 2 is 1.82 bits per heavy atom. The molecule has 2 aliphatic carbocycles. The van der Waals surface area contributed by atoms with E-state index in [-0.39, 0.29) is 5.60 Å². The fourth-order valence-electron chi connectivity index (χ4n) is 5.95. The molecule has 0 radical (unpaired) electrons. The van der Waals surface area contributed by atoms with E-state index < -0.39 is 5.79 Å². The number of hydrogen-bond donors (Lipinski definition) is 0. The van der Waals surface area contributed by atoms with Crippen LogP contribution in [0.3, 0.4) is 0 Å². The zero-order valence-corrected chi connectivity index (χ0v) is 16.5. The van der Waals surface area contributed by atoms with Crippen LogP contribution in [0.4, 0.5) is 0 Å². The summed E-state index contributed by atoms with van der Waals surface area (Å²) < 4.78 is 13.3. The lowest BCUT2D eigenvalue weighted by Crippen LogP contribution is -2.62. The highest BCUT2D eigenvalue weighted by molar-refractivity contribution is 9.11. The van der Waals surface area contributed by atoms with Crippen molar-refractivity contribution in [3.05, 3.63) is 10.6 Å². The lowest BCUT2D eigenvalue weighted by molar-refractivity contribution is -0.289. The van der Waals surface area contributed by atoms with Crippen LogP contribution in [0.15, 0.2) is 10.6 Å². The molecular weight excluding hydrogens is 340 g/mol. The minimum Gasteiger partial charge on any atom is -0.349 e. The number of rotatable bonds is 1. The molecule has 2 fully saturated rings. The van der Waals surface area contributed by atoms with Gasteiger partial charge >= 0.3 is 0 Å². The smallest absolute Gasteiger partial charge is 0.198 e. The SMILES string of the molecule is CO[C@@]1(C)O[C@]2(C)CCC3C(C)(C)CCC[C@]3(C)[C@H]2C=C1Br. The summed E-state index contributed by atoms with van der Waals surface area (Å²) in [7, 11) is 1.73. The van der Waals surface area contributed by atoms with Crippen LogP contribution in [0.25, 0.3) is 0 Å². The van der Waals surface area contributed by atoms with Gasteiger partial charge < -0.3 is 9.47 Å². The van der Waals surface area contributed by atoms with Gasteiger partial charge in [-0.15, -0.1) is 0 Å². The van der Waals surface area contributed by atoms with Gasteiger partial charge in [-0.25, -0.2) is 0 Å². The highest BCUT2D eigenvalue weighted by atomic mass is 79.9. The van der Waals surface area contributed by atoms with Gasteiger partial charge in [0.25, 0.3) is 0 Å². The molecule has 3 heteroatoms. The lowest BCUT2D eigenvalue weighted by atomic mass is 9.45. The van der Waals surface area contributed by atoms with Crippen molar-refractivity contribution in [3.63, 3.8) is 0 Å². The van der Waals surface area contributed by atoms with E-state index in [4.69, 9.17) is 9.47 Å². The molecule has 1 unspecified atom stereocenters. The Morgan fingerprint density at radius 3 is 2.45 bits per heavy atom. The van der Waals surface area contributed by atoms with Crippen molar-refractivity contribution in [1.29, 1.82) is 0 Å². The Morgan fingerprint density at radius 1 is 1.14 bits per heavy atom. The molecule has 3 rings (SSSR count). The van der Waals surface area contributed by atoms with Gasteiger partial charge in [-0.1, -0.05) is 49.2 Å². The Balaban J connectivity index is 2.06. The monoisotopic (exact) mass is 370 g/mol. The normalized spacial score (nSPS) is 50.8. The highest BCUT2D eigenvalue weighted by Crippen LogP contribution is 2.65. The van der Waals surface area contributed by atoms with Gasteiger partial charge in [0, 0.05) is 13.0 Å². The van der Waals surface area contributed by atoms with Crippen LogP contribution in [0.1, 0.15) is 66.7 Å². The number of fused-ring (bicyclic) bond motifs is 3.